The minimum Gasteiger partial charge on any atom is -0.480 e. The lowest BCUT2D eigenvalue weighted by molar-refractivity contribution is -0.145. The second kappa shape index (κ2) is 6.37. The maximum atomic E-state index is 11.8. The number of carboxylic acid groups (broad SMARTS) is 1. The maximum Gasteiger partial charge on any atom is 0.328 e. The fourth-order valence-corrected chi connectivity index (χ4v) is 3.06. The molecule has 0 saturated carbocycles. The molecule has 20 heavy (non-hydrogen) atoms. The standard InChI is InChI=1S/C16H24N2O2/c1-3-18(4-2)12-11-17-16(15(19)20)10-9-13-7-5-6-8-14(13)16/h5-8,17H,3-4,9-12H2,1-2H3,(H,19,20). The van der Waals surface area contributed by atoms with Crippen molar-refractivity contribution in [3.05, 3.63) is 35.4 Å². The number of fused-ring (bicyclic) bond motifs is 1. The average Bonchev–Trinajstić information content (AvgIpc) is 2.84. The Bertz CT molecular complexity index is 471. The van der Waals surface area contributed by atoms with Gasteiger partial charge < -0.3 is 10.0 Å². The predicted octanol–water partition coefficient (Wildman–Crippen LogP) is 1.84. The molecule has 2 rings (SSSR count). The van der Waals surface area contributed by atoms with Crippen molar-refractivity contribution >= 4 is 5.97 Å². The quantitative estimate of drug-likeness (QED) is 0.798. The number of carbonyl (C=O) groups is 1. The van der Waals surface area contributed by atoms with Crippen LogP contribution in [0.25, 0.3) is 0 Å². The highest BCUT2D eigenvalue weighted by Crippen LogP contribution is 2.36. The predicted molar refractivity (Wildman–Crippen MR) is 79.9 cm³/mol. The summed E-state index contributed by atoms with van der Waals surface area (Å²) in [5.41, 5.74) is 1.20. The molecule has 0 radical (unpaired) electrons. The number of nitrogens with zero attached hydrogens (tertiary/aromatic N) is 1. The van der Waals surface area contributed by atoms with Crippen molar-refractivity contribution in [3.63, 3.8) is 0 Å². The van der Waals surface area contributed by atoms with E-state index < -0.39 is 11.5 Å². The van der Waals surface area contributed by atoms with Crippen LogP contribution in [0.1, 0.15) is 31.4 Å². The first kappa shape index (κ1) is 15.0. The van der Waals surface area contributed by atoms with Gasteiger partial charge in [0.2, 0.25) is 0 Å². The summed E-state index contributed by atoms with van der Waals surface area (Å²) in [6, 6.07) is 7.88. The lowest BCUT2D eigenvalue weighted by atomic mass is 9.92. The zero-order valence-corrected chi connectivity index (χ0v) is 12.4. The molecule has 0 bridgehead atoms. The largest absolute Gasteiger partial charge is 0.480 e. The van der Waals surface area contributed by atoms with Crippen LogP contribution in [0.3, 0.4) is 0 Å². The molecule has 1 unspecified atom stereocenters. The van der Waals surface area contributed by atoms with Crippen LogP contribution < -0.4 is 5.32 Å². The molecule has 0 spiro atoms. The molecule has 4 heteroatoms. The SMILES string of the molecule is CCN(CC)CCNC1(C(=O)O)CCc2ccccc21. The molecule has 1 aromatic carbocycles. The van der Waals surface area contributed by atoms with Gasteiger partial charge in [-0.2, -0.15) is 0 Å². The van der Waals surface area contributed by atoms with Gasteiger partial charge in [0.1, 0.15) is 5.54 Å². The van der Waals surface area contributed by atoms with E-state index in [1.807, 2.05) is 24.3 Å². The topological polar surface area (TPSA) is 52.6 Å². The van der Waals surface area contributed by atoms with E-state index in [9.17, 15) is 9.90 Å². The maximum absolute atomic E-state index is 11.8. The summed E-state index contributed by atoms with van der Waals surface area (Å²) < 4.78 is 0. The van der Waals surface area contributed by atoms with Gasteiger partial charge in [-0.15, -0.1) is 0 Å². The van der Waals surface area contributed by atoms with Crippen LogP contribution >= 0.6 is 0 Å². The van der Waals surface area contributed by atoms with Crippen LogP contribution in [0, 0.1) is 0 Å². The van der Waals surface area contributed by atoms with Gasteiger partial charge in [-0.05, 0) is 37.1 Å². The van der Waals surface area contributed by atoms with E-state index in [-0.39, 0.29) is 0 Å². The van der Waals surface area contributed by atoms with Crippen molar-refractivity contribution in [2.24, 2.45) is 0 Å². The Morgan fingerprint density at radius 1 is 1.35 bits per heavy atom. The summed E-state index contributed by atoms with van der Waals surface area (Å²) in [5, 5.41) is 13.0. The zero-order chi connectivity index (χ0) is 14.6. The van der Waals surface area contributed by atoms with Crippen molar-refractivity contribution in [1.29, 1.82) is 0 Å². The summed E-state index contributed by atoms with van der Waals surface area (Å²) in [6.45, 7) is 7.82. The molecule has 0 amide bonds. The molecule has 1 aliphatic rings. The van der Waals surface area contributed by atoms with Gasteiger partial charge in [0, 0.05) is 13.1 Å². The van der Waals surface area contributed by atoms with Crippen LogP contribution in [-0.2, 0) is 16.8 Å². The Hall–Kier alpha value is -1.39. The highest BCUT2D eigenvalue weighted by atomic mass is 16.4. The normalized spacial score (nSPS) is 21.1. The highest BCUT2D eigenvalue weighted by Gasteiger charge is 2.44. The average molecular weight is 276 g/mol. The lowest BCUT2D eigenvalue weighted by Gasteiger charge is -2.29. The van der Waals surface area contributed by atoms with Gasteiger partial charge in [-0.3, -0.25) is 5.32 Å². The molecule has 4 nitrogen and oxygen atoms in total. The minimum absolute atomic E-state index is 0.639. The van der Waals surface area contributed by atoms with Crippen LogP contribution in [0.4, 0.5) is 0 Å². The molecule has 0 saturated heterocycles. The van der Waals surface area contributed by atoms with Gasteiger partial charge in [-0.1, -0.05) is 38.1 Å². The van der Waals surface area contributed by atoms with Gasteiger partial charge in [0.05, 0.1) is 0 Å². The Kier molecular flexibility index (Phi) is 4.78. The third-order valence-electron chi connectivity index (χ3n) is 4.36. The van der Waals surface area contributed by atoms with Crippen molar-refractivity contribution in [1.82, 2.24) is 10.2 Å². The summed E-state index contributed by atoms with van der Waals surface area (Å²) in [5.74, 6) is -0.762. The molecule has 0 aliphatic heterocycles. The Balaban J connectivity index is 2.11. The molecule has 1 atom stereocenters. The van der Waals surface area contributed by atoms with E-state index in [0.29, 0.717) is 13.0 Å². The summed E-state index contributed by atoms with van der Waals surface area (Å²) >= 11 is 0. The van der Waals surface area contributed by atoms with Crippen LogP contribution in [0.15, 0.2) is 24.3 Å². The molecule has 1 aliphatic carbocycles. The highest BCUT2D eigenvalue weighted by molar-refractivity contribution is 5.82. The second-order valence-corrected chi connectivity index (χ2v) is 5.32. The van der Waals surface area contributed by atoms with Crippen molar-refractivity contribution in [2.45, 2.75) is 32.2 Å². The summed E-state index contributed by atoms with van der Waals surface area (Å²) in [6.07, 6.45) is 1.47. The van der Waals surface area contributed by atoms with Gasteiger partial charge in [0.15, 0.2) is 0 Å². The smallest absolute Gasteiger partial charge is 0.328 e. The third kappa shape index (κ3) is 2.72. The fourth-order valence-electron chi connectivity index (χ4n) is 3.06. The van der Waals surface area contributed by atoms with Gasteiger partial charge >= 0.3 is 5.97 Å². The number of hydrogen-bond donors (Lipinski definition) is 2. The Morgan fingerprint density at radius 2 is 2.05 bits per heavy atom. The Morgan fingerprint density at radius 3 is 2.70 bits per heavy atom. The van der Waals surface area contributed by atoms with Crippen molar-refractivity contribution in [3.8, 4) is 0 Å². The summed E-state index contributed by atoms with van der Waals surface area (Å²) in [4.78, 5) is 14.1. The monoisotopic (exact) mass is 276 g/mol. The lowest BCUT2D eigenvalue weighted by Crippen LogP contribution is -2.50. The van der Waals surface area contributed by atoms with Crippen LogP contribution in [-0.4, -0.2) is 42.2 Å². The van der Waals surface area contributed by atoms with E-state index in [4.69, 9.17) is 0 Å². The molecular weight excluding hydrogens is 252 g/mol. The number of benzene rings is 1. The number of carboxylic acids is 1. The van der Waals surface area contributed by atoms with E-state index in [1.165, 1.54) is 0 Å². The molecule has 110 valence electrons. The first-order valence-corrected chi connectivity index (χ1v) is 7.43. The van der Waals surface area contributed by atoms with Gasteiger partial charge in [0.25, 0.3) is 0 Å². The number of hydrogen-bond acceptors (Lipinski definition) is 3. The summed E-state index contributed by atoms with van der Waals surface area (Å²) in [7, 11) is 0. The molecular formula is C16H24N2O2. The molecule has 1 aromatic rings. The first-order valence-electron chi connectivity index (χ1n) is 7.43. The number of nitrogens with one attached hydrogen (secondary N) is 1. The first-order chi connectivity index (χ1) is 9.64. The molecule has 0 heterocycles. The zero-order valence-electron chi connectivity index (χ0n) is 12.4. The second-order valence-electron chi connectivity index (χ2n) is 5.32. The number of likely N-dealkylation sites (N-methyl/N-ethyl adjacent to an activating group) is 1. The van der Waals surface area contributed by atoms with E-state index in [0.717, 1.165) is 37.2 Å². The van der Waals surface area contributed by atoms with Gasteiger partial charge in [-0.25, -0.2) is 4.79 Å². The van der Waals surface area contributed by atoms with E-state index in [2.05, 4.69) is 24.1 Å². The fraction of sp³-hybridized carbons (Fsp3) is 0.562. The number of rotatable bonds is 7. The van der Waals surface area contributed by atoms with E-state index >= 15 is 0 Å². The Labute approximate surface area is 120 Å². The van der Waals surface area contributed by atoms with Crippen molar-refractivity contribution < 1.29 is 9.90 Å². The van der Waals surface area contributed by atoms with Crippen LogP contribution in [0.5, 0.6) is 0 Å². The number of aryl methyl sites for hydroxylation is 1. The minimum atomic E-state index is -0.899. The van der Waals surface area contributed by atoms with Crippen LogP contribution in [0.2, 0.25) is 0 Å². The number of aliphatic carboxylic acids is 1. The molecule has 0 fully saturated rings. The third-order valence-corrected chi connectivity index (χ3v) is 4.36. The van der Waals surface area contributed by atoms with E-state index in [1.54, 1.807) is 0 Å². The molecule has 2 N–H and O–H groups in total. The molecule has 0 aromatic heterocycles. The van der Waals surface area contributed by atoms with Crippen molar-refractivity contribution in [2.75, 3.05) is 26.2 Å².